The Balaban J connectivity index is 1.93. The molecule has 0 aliphatic rings. The number of rotatable bonds is 8. The summed E-state index contributed by atoms with van der Waals surface area (Å²) in [5.74, 6) is 1.05. The van der Waals surface area contributed by atoms with Gasteiger partial charge >= 0.3 is 0 Å². The maximum atomic E-state index is 6.01. The van der Waals surface area contributed by atoms with E-state index >= 15 is 0 Å². The summed E-state index contributed by atoms with van der Waals surface area (Å²) in [5, 5.41) is 5.56. The van der Waals surface area contributed by atoms with Gasteiger partial charge in [-0.3, -0.25) is 0 Å². The van der Waals surface area contributed by atoms with Crippen molar-refractivity contribution in [3.05, 3.63) is 51.2 Å². The van der Waals surface area contributed by atoms with Crippen LogP contribution in [-0.2, 0) is 13.0 Å². The fraction of sp³-hybridized carbons (Fsp3) is 0.444. The molecule has 0 fully saturated rings. The van der Waals surface area contributed by atoms with Crippen LogP contribution in [0.1, 0.15) is 34.9 Å². The molecule has 0 saturated carbocycles. The van der Waals surface area contributed by atoms with Gasteiger partial charge in [-0.2, -0.15) is 0 Å². The predicted molar refractivity (Wildman–Crippen MR) is 91.4 cm³/mol. The average Bonchev–Trinajstić information content (AvgIpc) is 2.95. The van der Waals surface area contributed by atoms with E-state index in [2.05, 4.69) is 55.7 Å². The maximum absolute atomic E-state index is 6.01. The van der Waals surface area contributed by atoms with Gasteiger partial charge in [0.2, 0.25) is 0 Å². The van der Waals surface area contributed by atoms with Crippen molar-refractivity contribution in [3.8, 4) is 5.75 Å². The number of nitrogens with one attached hydrogen (secondary N) is 1. The van der Waals surface area contributed by atoms with Gasteiger partial charge in [-0.05, 0) is 54.9 Å². The Morgan fingerprint density at radius 3 is 2.57 bits per heavy atom. The molecule has 1 aromatic heterocycles. The van der Waals surface area contributed by atoms with E-state index in [0.717, 1.165) is 31.9 Å². The standard InChI is InChI=1S/C18H25NOS/c1-4-8-19-13-16-11-14(2)18(15(3)12-16)20-9-7-17-6-5-10-21-17/h5-6,10-12,19H,4,7-9,13H2,1-3H3. The van der Waals surface area contributed by atoms with Gasteiger partial charge in [0, 0.05) is 17.8 Å². The van der Waals surface area contributed by atoms with E-state index in [1.807, 2.05) is 0 Å². The minimum atomic E-state index is 0.746. The molecule has 3 heteroatoms. The second kappa shape index (κ2) is 8.20. The van der Waals surface area contributed by atoms with Gasteiger partial charge in [0.25, 0.3) is 0 Å². The highest BCUT2D eigenvalue weighted by atomic mass is 32.1. The first kappa shape index (κ1) is 16.1. The molecule has 0 unspecified atom stereocenters. The molecule has 0 radical (unpaired) electrons. The summed E-state index contributed by atoms with van der Waals surface area (Å²) in [6.07, 6.45) is 2.15. The van der Waals surface area contributed by atoms with Crippen molar-refractivity contribution >= 4 is 11.3 Å². The maximum Gasteiger partial charge on any atom is 0.125 e. The largest absolute Gasteiger partial charge is 0.493 e. The third-order valence-electron chi connectivity index (χ3n) is 3.45. The molecule has 2 aromatic rings. The van der Waals surface area contributed by atoms with Gasteiger partial charge in [-0.1, -0.05) is 25.1 Å². The molecule has 1 aromatic carbocycles. The number of ether oxygens (including phenoxy) is 1. The summed E-state index contributed by atoms with van der Waals surface area (Å²) < 4.78 is 6.01. The molecule has 0 aliphatic carbocycles. The number of hydrogen-bond donors (Lipinski definition) is 1. The first-order valence-corrected chi connectivity index (χ1v) is 8.54. The van der Waals surface area contributed by atoms with E-state index in [4.69, 9.17) is 4.74 Å². The molecule has 1 heterocycles. The lowest BCUT2D eigenvalue weighted by molar-refractivity contribution is 0.318. The van der Waals surface area contributed by atoms with Gasteiger partial charge < -0.3 is 10.1 Å². The van der Waals surface area contributed by atoms with Crippen molar-refractivity contribution < 1.29 is 4.74 Å². The van der Waals surface area contributed by atoms with Crippen molar-refractivity contribution in [2.45, 2.75) is 40.2 Å². The third kappa shape index (κ3) is 4.87. The first-order valence-electron chi connectivity index (χ1n) is 7.66. The van der Waals surface area contributed by atoms with Crippen LogP contribution >= 0.6 is 11.3 Å². The van der Waals surface area contributed by atoms with E-state index < -0.39 is 0 Å². The third-order valence-corrected chi connectivity index (χ3v) is 4.39. The van der Waals surface area contributed by atoms with Crippen molar-refractivity contribution in [2.75, 3.05) is 13.2 Å². The molecule has 1 N–H and O–H groups in total. The zero-order chi connectivity index (χ0) is 15.1. The van der Waals surface area contributed by atoms with Crippen LogP contribution in [0.15, 0.2) is 29.6 Å². The zero-order valence-electron chi connectivity index (χ0n) is 13.2. The van der Waals surface area contributed by atoms with Crippen LogP contribution in [0.4, 0.5) is 0 Å². The van der Waals surface area contributed by atoms with Crippen molar-refractivity contribution in [3.63, 3.8) is 0 Å². The van der Waals surface area contributed by atoms with E-state index in [1.54, 1.807) is 11.3 Å². The summed E-state index contributed by atoms with van der Waals surface area (Å²) in [5.41, 5.74) is 3.80. The smallest absolute Gasteiger partial charge is 0.125 e. The Kier molecular flexibility index (Phi) is 6.27. The second-order valence-electron chi connectivity index (χ2n) is 5.41. The zero-order valence-corrected chi connectivity index (χ0v) is 14.1. The highest BCUT2D eigenvalue weighted by Crippen LogP contribution is 2.25. The quantitative estimate of drug-likeness (QED) is 0.726. The van der Waals surface area contributed by atoms with Crippen LogP contribution < -0.4 is 10.1 Å². The second-order valence-corrected chi connectivity index (χ2v) is 6.45. The van der Waals surface area contributed by atoms with Crippen LogP contribution in [0.25, 0.3) is 0 Å². The number of hydrogen-bond acceptors (Lipinski definition) is 3. The van der Waals surface area contributed by atoms with Gasteiger partial charge in [-0.15, -0.1) is 11.3 Å². The minimum Gasteiger partial charge on any atom is -0.493 e. The lowest BCUT2D eigenvalue weighted by atomic mass is 10.1. The lowest BCUT2D eigenvalue weighted by Gasteiger charge is -2.14. The van der Waals surface area contributed by atoms with E-state index in [9.17, 15) is 0 Å². The summed E-state index contributed by atoms with van der Waals surface area (Å²) in [6.45, 7) is 9.21. The molecule has 0 spiro atoms. The van der Waals surface area contributed by atoms with E-state index in [-0.39, 0.29) is 0 Å². The molecule has 0 saturated heterocycles. The fourth-order valence-electron chi connectivity index (χ4n) is 2.49. The molecule has 21 heavy (non-hydrogen) atoms. The van der Waals surface area contributed by atoms with Crippen LogP contribution in [0.2, 0.25) is 0 Å². The molecule has 2 rings (SSSR count). The van der Waals surface area contributed by atoms with Crippen LogP contribution in [0.5, 0.6) is 5.75 Å². The van der Waals surface area contributed by atoms with E-state index in [0.29, 0.717) is 0 Å². The van der Waals surface area contributed by atoms with Crippen LogP contribution in [0.3, 0.4) is 0 Å². The SMILES string of the molecule is CCCNCc1cc(C)c(OCCc2cccs2)c(C)c1. The summed E-state index contributed by atoms with van der Waals surface area (Å²) >= 11 is 1.79. The molecule has 0 aliphatic heterocycles. The summed E-state index contributed by atoms with van der Waals surface area (Å²) in [7, 11) is 0. The summed E-state index contributed by atoms with van der Waals surface area (Å²) in [6, 6.07) is 8.72. The molecule has 2 nitrogen and oxygen atoms in total. The van der Waals surface area contributed by atoms with Gasteiger partial charge in [0.1, 0.15) is 5.75 Å². The van der Waals surface area contributed by atoms with E-state index in [1.165, 1.54) is 28.0 Å². The van der Waals surface area contributed by atoms with Gasteiger partial charge in [0.05, 0.1) is 6.61 Å². The van der Waals surface area contributed by atoms with Crippen LogP contribution in [0, 0.1) is 13.8 Å². The number of aryl methyl sites for hydroxylation is 2. The molecule has 114 valence electrons. The predicted octanol–water partition coefficient (Wildman–Crippen LogP) is 4.49. The summed E-state index contributed by atoms with van der Waals surface area (Å²) in [4.78, 5) is 1.38. The topological polar surface area (TPSA) is 21.3 Å². The molecule has 0 bridgehead atoms. The average molecular weight is 303 g/mol. The Bertz CT molecular complexity index is 525. The Morgan fingerprint density at radius 2 is 1.95 bits per heavy atom. The van der Waals surface area contributed by atoms with Crippen molar-refractivity contribution in [1.82, 2.24) is 5.32 Å². The monoisotopic (exact) mass is 303 g/mol. The van der Waals surface area contributed by atoms with Crippen molar-refractivity contribution in [1.29, 1.82) is 0 Å². The van der Waals surface area contributed by atoms with Crippen molar-refractivity contribution in [2.24, 2.45) is 0 Å². The highest BCUT2D eigenvalue weighted by Gasteiger charge is 2.07. The molecular weight excluding hydrogens is 278 g/mol. The first-order chi connectivity index (χ1) is 10.2. The normalized spacial score (nSPS) is 10.8. The highest BCUT2D eigenvalue weighted by molar-refractivity contribution is 7.09. The number of benzene rings is 1. The number of thiophene rings is 1. The van der Waals surface area contributed by atoms with Crippen LogP contribution in [-0.4, -0.2) is 13.2 Å². The Hall–Kier alpha value is -1.32. The molecule has 0 atom stereocenters. The van der Waals surface area contributed by atoms with Gasteiger partial charge in [-0.25, -0.2) is 0 Å². The van der Waals surface area contributed by atoms with Gasteiger partial charge in [0.15, 0.2) is 0 Å². The molecular formula is C18H25NOS. The Labute approximate surface area is 132 Å². The minimum absolute atomic E-state index is 0.746. The fourth-order valence-corrected chi connectivity index (χ4v) is 3.18. The lowest BCUT2D eigenvalue weighted by Crippen LogP contribution is -2.14. The Morgan fingerprint density at radius 1 is 1.19 bits per heavy atom. The molecule has 0 amide bonds.